The van der Waals surface area contributed by atoms with E-state index in [2.05, 4.69) is 16.4 Å². The maximum atomic E-state index is 12.3. The summed E-state index contributed by atoms with van der Waals surface area (Å²) in [7, 11) is 4.64. The summed E-state index contributed by atoms with van der Waals surface area (Å²) in [5, 5.41) is 4.54. The van der Waals surface area contributed by atoms with Crippen molar-refractivity contribution in [2.45, 2.75) is 18.5 Å². The lowest BCUT2D eigenvalue weighted by Crippen LogP contribution is -2.45. The van der Waals surface area contributed by atoms with E-state index in [1.54, 1.807) is 14.2 Å². The summed E-state index contributed by atoms with van der Waals surface area (Å²) in [4.78, 5) is 15.9. The minimum atomic E-state index is -0.442. The highest BCUT2D eigenvalue weighted by molar-refractivity contribution is 5.87. The van der Waals surface area contributed by atoms with Gasteiger partial charge in [0.05, 0.1) is 27.4 Å². The molecule has 1 aliphatic heterocycles. The average Bonchev–Trinajstić information content (AvgIpc) is 3.10. The molecule has 0 aliphatic carbocycles. The Morgan fingerprint density at radius 1 is 1.04 bits per heavy atom. The fraction of sp³-hybridized carbons (Fsp3) is 0.286. The van der Waals surface area contributed by atoms with Gasteiger partial charge < -0.3 is 19.2 Å². The third-order valence-electron chi connectivity index (χ3n) is 5.14. The molecule has 27 heavy (non-hydrogen) atoms. The molecule has 1 aromatic heterocycles. The molecular weight excluding hydrogens is 344 g/mol. The summed E-state index contributed by atoms with van der Waals surface area (Å²) in [6.45, 7) is 0. The van der Waals surface area contributed by atoms with Gasteiger partial charge in [-0.25, -0.2) is 0 Å². The van der Waals surface area contributed by atoms with E-state index in [0.717, 1.165) is 27.7 Å². The lowest BCUT2D eigenvalue weighted by Gasteiger charge is -2.31. The third kappa shape index (κ3) is 2.82. The molecule has 4 rings (SSSR count). The number of benzene rings is 2. The van der Waals surface area contributed by atoms with Gasteiger partial charge in [-0.15, -0.1) is 0 Å². The lowest BCUT2D eigenvalue weighted by molar-refractivity contribution is -0.143. The van der Waals surface area contributed by atoms with Gasteiger partial charge >= 0.3 is 5.97 Å². The number of esters is 1. The third-order valence-corrected chi connectivity index (χ3v) is 5.14. The molecular formula is C21H22N2O4. The van der Waals surface area contributed by atoms with Crippen molar-refractivity contribution < 1.29 is 19.0 Å². The first kappa shape index (κ1) is 17.4. The molecule has 140 valence electrons. The van der Waals surface area contributed by atoms with Crippen molar-refractivity contribution in [1.82, 2.24) is 10.3 Å². The van der Waals surface area contributed by atoms with Crippen LogP contribution in [0.4, 0.5) is 0 Å². The lowest BCUT2D eigenvalue weighted by atomic mass is 9.90. The average molecular weight is 366 g/mol. The first-order valence-electron chi connectivity index (χ1n) is 8.82. The largest absolute Gasteiger partial charge is 0.493 e. The van der Waals surface area contributed by atoms with Gasteiger partial charge in [0.15, 0.2) is 11.5 Å². The van der Waals surface area contributed by atoms with Crippen molar-refractivity contribution in [2.75, 3.05) is 21.3 Å². The molecule has 3 aromatic rings. The van der Waals surface area contributed by atoms with Crippen molar-refractivity contribution in [3.05, 3.63) is 59.3 Å². The van der Waals surface area contributed by atoms with Crippen molar-refractivity contribution in [3.8, 4) is 11.5 Å². The molecule has 0 saturated heterocycles. The number of carbonyl (C=O) groups is 1. The molecule has 2 aromatic carbocycles. The summed E-state index contributed by atoms with van der Waals surface area (Å²) in [5.41, 5.74) is 4.09. The highest BCUT2D eigenvalue weighted by atomic mass is 16.5. The van der Waals surface area contributed by atoms with E-state index in [1.807, 2.05) is 36.4 Å². The van der Waals surface area contributed by atoms with Crippen LogP contribution in [0.15, 0.2) is 42.5 Å². The van der Waals surface area contributed by atoms with Crippen LogP contribution in [0.5, 0.6) is 11.5 Å². The topological polar surface area (TPSA) is 72.6 Å². The predicted molar refractivity (Wildman–Crippen MR) is 102 cm³/mol. The van der Waals surface area contributed by atoms with Crippen LogP contribution in [-0.2, 0) is 16.0 Å². The van der Waals surface area contributed by atoms with Crippen LogP contribution < -0.4 is 14.8 Å². The minimum absolute atomic E-state index is 0.254. The maximum Gasteiger partial charge on any atom is 0.323 e. The van der Waals surface area contributed by atoms with Crippen LogP contribution >= 0.6 is 0 Å². The Bertz CT molecular complexity index is 995. The Morgan fingerprint density at radius 2 is 1.85 bits per heavy atom. The molecule has 2 heterocycles. The van der Waals surface area contributed by atoms with Gasteiger partial charge in [0.2, 0.25) is 0 Å². The molecule has 0 radical (unpaired) electrons. The van der Waals surface area contributed by atoms with Crippen LogP contribution in [0.2, 0.25) is 0 Å². The zero-order valence-electron chi connectivity index (χ0n) is 15.5. The number of nitrogens with one attached hydrogen (secondary N) is 2. The number of aromatic nitrogens is 1. The SMILES string of the molecule is COC(=O)[C@@H]1Cc2c([nH]c3ccccc23)C(c2cccc(OC)c2OC)N1. The van der Waals surface area contributed by atoms with Crippen LogP contribution in [0.25, 0.3) is 10.9 Å². The monoisotopic (exact) mass is 366 g/mol. The van der Waals surface area contributed by atoms with Gasteiger partial charge in [-0.3, -0.25) is 10.1 Å². The van der Waals surface area contributed by atoms with Gasteiger partial charge in [-0.2, -0.15) is 0 Å². The zero-order chi connectivity index (χ0) is 19.0. The fourth-order valence-electron chi connectivity index (χ4n) is 3.91. The van der Waals surface area contributed by atoms with E-state index < -0.39 is 6.04 Å². The maximum absolute atomic E-state index is 12.3. The summed E-state index contributed by atoms with van der Waals surface area (Å²) >= 11 is 0. The van der Waals surface area contributed by atoms with Crippen molar-refractivity contribution in [2.24, 2.45) is 0 Å². The van der Waals surface area contributed by atoms with Crippen molar-refractivity contribution >= 4 is 16.9 Å². The van der Waals surface area contributed by atoms with Gasteiger partial charge in [-0.1, -0.05) is 30.3 Å². The summed E-state index contributed by atoms with van der Waals surface area (Å²) in [6, 6.07) is 13.2. The van der Waals surface area contributed by atoms with Crippen LogP contribution in [0, 0.1) is 0 Å². The number of fused-ring (bicyclic) bond motifs is 3. The molecule has 1 unspecified atom stereocenters. The number of methoxy groups -OCH3 is 3. The molecule has 6 nitrogen and oxygen atoms in total. The van der Waals surface area contributed by atoms with E-state index in [9.17, 15) is 4.79 Å². The minimum Gasteiger partial charge on any atom is -0.493 e. The van der Waals surface area contributed by atoms with Crippen molar-refractivity contribution in [1.29, 1.82) is 0 Å². The Morgan fingerprint density at radius 3 is 2.59 bits per heavy atom. The van der Waals surface area contributed by atoms with Crippen molar-refractivity contribution in [3.63, 3.8) is 0 Å². The van der Waals surface area contributed by atoms with Crippen LogP contribution in [0.3, 0.4) is 0 Å². The number of hydrogen-bond donors (Lipinski definition) is 2. The zero-order valence-corrected chi connectivity index (χ0v) is 15.5. The number of aromatic amines is 1. The molecule has 0 bridgehead atoms. The summed E-state index contributed by atoms with van der Waals surface area (Å²) in [5.74, 6) is 1.01. The highest BCUT2D eigenvalue weighted by Gasteiger charge is 2.36. The molecule has 2 atom stereocenters. The first-order valence-corrected chi connectivity index (χ1v) is 8.82. The Hall–Kier alpha value is -2.99. The predicted octanol–water partition coefficient (Wildman–Crippen LogP) is 2.96. The molecule has 0 saturated carbocycles. The van der Waals surface area contributed by atoms with Gasteiger partial charge in [0, 0.05) is 28.6 Å². The Labute approximate surface area is 157 Å². The molecule has 2 N–H and O–H groups in total. The van der Waals surface area contributed by atoms with Crippen LogP contribution in [0.1, 0.15) is 22.9 Å². The fourth-order valence-corrected chi connectivity index (χ4v) is 3.91. The smallest absolute Gasteiger partial charge is 0.323 e. The van der Waals surface area contributed by atoms with E-state index >= 15 is 0 Å². The first-order chi connectivity index (χ1) is 13.2. The molecule has 1 aliphatic rings. The standard InChI is InChI=1S/C21H22N2O4/c1-25-17-10-6-8-13(20(17)26-2)18-19-14(11-16(23-18)21(24)27-3)12-7-4-5-9-15(12)22-19/h4-10,16,18,22-23H,11H2,1-3H3/t16-,18?/m0/s1. The number of hydrogen-bond acceptors (Lipinski definition) is 5. The molecule has 0 spiro atoms. The second-order valence-electron chi connectivity index (χ2n) is 6.53. The quantitative estimate of drug-likeness (QED) is 0.695. The number of rotatable bonds is 4. The van der Waals surface area contributed by atoms with Gasteiger partial charge in [0.1, 0.15) is 6.04 Å². The molecule has 6 heteroatoms. The molecule has 0 fully saturated rings. The van der Waals surface area contributed by atoms with Gasteiger partial charge in [-0.05, 0) is 17.7 Å². The van der Waals surface area contributed by atoms with E-state index in [4.69, 9.17) is 14.2 Å². The van der Waals surface area contributed by atoms with E-state index in [1.165, 1.54) is 7.11 Å². The number of para-hydroxylation sites is 2. The number of H-pyrrole nitrogens is 1. The summed E-state index contributed by atoms with van der Waals surface area (Å²) in [6.07, 6.45) is 0.564. The summed E-state index contributed by atoms with van der Waals surface area (Å²) < 4.78 is 16.1. The Balaban J connectivity index is 1.92. The number of ether oxygens (including phenoxy) is 3. The van der Waals surface area contributed by atoms with Crippen LogP contribution in [-0.4, -0.2) is 38.3 Å². The number of carbonyl (C=O) groups excluding carboxylic acids is 1. The Kier molecular flexibility index (Phi) is 4.49. The molecule has 0 amide bonds. The second kappa shape index (κ2) is 6.96. The normalized spacial score (nSPS) is 18.8. The van der Waals surface area contributed by atoms with Gasteiger partial charge in [0.25, 0.3) is 0 Å². The second-order valence-corrected chi connectivity index (χ2v) is 6.53. The van der Waals surface area contributed by atoms with E-state index in [-0.39, 0.29) is 12.0 Å². The van der Waals surface area contributed by atoms with E-state index in [0.29, 0.717) is 17.9 Å². The highest BCUT2D eigenvalue weighted by Crippen LogP contribution is 2.41.